The van der Waals surface area contributed by atoms with E-state index in [-0.39, 0.29) is 12.0 Å². The number of hydrogen-bond donors (Lipinski definition) is 2. The van der Waals surface area contributed by atoms with Crippen molar-refractivity contribution in [2.45, 2.75) is 103 Å². The molecular formula is C20H38N2O2. The van der Waals surface area contributed by atoms with Gasteiger partial charge in [-0.3, -0.25) is 9.69 Å². The molecule has 1 saturated carbocycles. The molecule has 1 saturated heterocycles. The van der Waals surface area contributed by atoms with Gasteiger partial charge in [0.2, 0.25) is 5.91 Å². The van der Waals surface area contributed by atoms with Gasteiger partial charge in [-0.15, -0.1) is 0 Å². The van der Waals surface area contributed by atoms with Crippen molar-refractivity contribution in [1.29, 1.82) is 0 Å². The summed E-state index contributed by atoms with van der Waals surface area (Å²) in [6.45, 7) is 6.55. The average Bonchev–Trinajstić information content (AvgIpc) is 2.60. The van der Waals surface area contributed by atoms with Crippen LogP contribution in [0, 0.1) is 5.92 Å². The molecule has 3 atom stereocenters. The normalized spacial score (nSPS) is 27.8. The molecule has 2 aliphatic rings. The van der Waals surface area contributed by atoms with E-state index in [0.29, 0.717) is 18.5 Å². The van der Waals surface area contributed by atoms with Crippen LogP contribution in [0.2, 0.25) is 0 Å². The molecule has 0 spiro atoms. The molecule has 1 heterocycles. The number of carbonyl (C=O) groups is 1. The summed E-state index contributed by atoms with van der Waals surface area (Å²) in [5, 5.41) is 13.4. The van der Waals surface area contributed by atoms with Gasteiger partial charge in [-0.25, -0.2) is 0 Å². The van der Waals surface area contributed by atoms with Crippen LogP contribution in [-0.4, -0.2) is 47.2 Å². The maximum atomic E-state index is 12.1. The smallest absolute Gasteiger partial charge is 0.220 e. The Labute approximate surface area is 148 Å². The first-order chi connectivity index (χ1) is 11.6. The summed E-state index contributed by atoms with van der Waals surface area (Å²) in [6, 6.07) is 0.694. The average molecular weight is 339 g/mol. The van der Waals surface area contributed by atoms with Crippen molar-refractivity contribution < 1.29 is 9.90 Å². The van der Waals surface area contributed by atoms with Crippen molar-refractivity contribution in [3.05, 3.63) is 0 Å². The van der Waals surface area contributed by atoms with Crippen LogP contribution in [0.5, 0.6) is 0 Å². The molecule has 4 heteroatoms. The van der Waals surface area contributed by atoms with Gasteiger partial charge in [-0.05, 0) is 38.0 Å². The van der Waals surface area contributed by atoms with Gasteiger partial charge in [0, 0.05) is 31.6 Å². The number of aliphatic hydroxyl groups is 1. The van der Waals surface area contributed by atoms with E-state index in [1.807, 2.05) is 0 Å². The van der Waals surface area contributed by atoms with Gasteiger partial charge in [-0.1, -0.05) is 46.0 Å². The molecule has 1 aliphatic heterocycles. The summed E-state index contributed by atoms with van der Waals surface area (Å²) in [7, 11) is 0. The summed E-state index contributed by atoms with van der Waals surface area (Å²) in [5.74, 6) is 1.02. The maximum absolute atomic E-state index is 12.1. The lowest BCUT2D eigenvalue weighted by Crippen LogP contribution is -2.52. The summed E-state index contributed by atoms with van der Waals surface area (Å²) in [6.07, 6.45) is 11.8. The van der Waals surface area contributed by atoms with Crippen LogP contribution in [0.25, 0.3) is 0 Å². The van der Waals surface area contributed by atoms with Gasteiger partial charge in [-0.2, -0.15) is 0 Å². The summed E-state index contributed by atoms with van der Waals surface area (Å²) in [5.41, 5.74) is 0. The number of aliphatic hydroxyl groups excluding tert-OH is 1. The molecule has 3 unspecified atom stereocenters. The zero-order valence-electron chi connectivity index (χ0n) is 15.8. The molecule has 0 aromatic rings. The first-order valence-electron chi connectivity index (χ1n) is 10.3. The Morgan fingerprint density at radius 1 is 1.17 bits per heavy atom. The summed E-state index contributed by atoms with van der Waals surface area (Å²) >= 11 is 0. The van der Waals surface area contributed by atoms with Gasteiger partial charge in [0.1, 0.15) is 0 Å². The lowest BCUT2D eigenvalue weighted by Gasteiger charge is -2.41. The second-order valence-electron chi connectivity index (χ2n) is 8.06. The second kappa shape index (κ2) is 10.4. The minimum absolute atomic E-state index is 0.143. The zero-order valence-corrected chi connectivity index (χ0v) is 15.8. The Balaban J connectivity index is 1.59. The van der Waals surface area contributed by atoms with E-state index >= 15 is 0 Å². The van der Waals surface area contributed by atoms with Gasteiger partial charge >= 0.3 is 0 Å². The Hall–Kier alpha value is -0.610. The van der Waals surface area contributed by atoms with Gasteiger partial charge in [0.15, 0.2) is 0 Å². The van der Waals surface area contributed by atoms with Crippen molar-refractivity contribution in [1.82, 2.24) is 10.2 Å². The molecule has 0 radical (unpaired) electrons. The standard InChI is InChI=1S/C20H38N2O2/c1-3-16(2)8-4-7-11-20(24)21-17-12-14-22(15-13-17)18-9-5-6-10-19(18)23/h16-19,23H,3-15H2,1-2H3,(H,21,24). The molecule has 1 amide bonds. The van der Waals surface area contributed by atoms with Crippen molar-refractivity contribution in [3.8, 4) is 0 Å². The highest BCUT2D eigenvalue weighted by Crippen LogP contribution is 2.26. The zero-order chi connectivity index (χ0) is 17.4. The molecular weight excluding hydrogens is 300 g/mol. The fraction of sp³-hybridized carbons (Fsp3) is 0.950. The number of nitrogens with zero attached hydrogens (tertiary/aromatic N) is 1. The monoisotopic (exact) mass is 338 g/mol. The Bertz CT molecular complexity index is 367. The van der Waals surface area contributed by atoms with Gasteiger partial charge < -0.3 is 10.4 Å². The SMILES string of the molecule is CCC(C)CCCCC(=O)NC1CCN(C2CCCCC2O)CC1. The predicted octanol–water partition coefficient (Wildman–Crippen LogP) is 3.48. The Morgan fingerprint density at radius 2 is 1.88 bits per heavy atom. The first kappa shape index (κ1) is 19.7. The van der Waals surface area contributed by atoms with Crippen molar-refractivity contribution >= 4 is 5.91 Å². The van der Waals surface area contributed by atoms with E-state index in [2.05, 4.69) is 24.1 Å². The third-order valence-electron chi connectivity index (χ3n) is 6.11. The molecule has 24 heavy (non-hydrogen) atoms. The van der Waals surface area contributed by atoms with Crippen molar-refractivity contribution in [3.63, 3.8) is 0 Å². The maximum Gasteiger partial charge on any atom is 0.220 e. The minimum Gasteiger partial charge on any atom is -0.391 e. The molecule has 1 aliphatic carbocycles. The van der Waals surface area contributed by atoms with E-state index in [9.17, 15) is 9.90 Å². The third kappa shape index (κ3) is 6.36. The fourth-order valence-corrected chi connectivity index (χ4v) is 4.18. The first-order valence-corrected chi connectivity index (χ1v) is 10.3. The molecule has 4 nitrogen and oxygen atoms in total. The summed E-state index contributed by atoms with van der Waals surface area (Å²) < 4.78 is 0. The van der Waals surface area contributed by atoms with Crippen LogP contribution in [0.15, 0.2) is 0 Å². The number of amides is 1. The number of hydrogen-bond acceptors (Lipinski definition) is 3. The highest BCUT2D eigenvalue weighted by Gasteiger charge is 2.31. The van der Waals surface area contributed by atoms with Crippen LogP contribution in [-0.2, 0) is 4.79 Å². The Kier molecular flexibility index (Phi) is 8.54. The fourth-order valence-electron chi connectivity index (χ4n) is 4.18. The van der Waals surface area contributed by atoms with Crippen molar-refractivity contribution in [2.24, 2.45) is 5.92 Å². The number of likely N-dealkylation sites (tertiary alicyclic amines) is 1. The molecule has 140 valence electrons. The topological polar surface area (TPSA) is 52.6 Å². The molecule has 2 N–H and O–H groups in total. The van der Waals surface area contributed by atoms with Crippen LogP contribution >= 0.6 is 0 Å². The van der Waals surface area contributed by atoms with Gasteiger partial charge in [0.25, 0.3) is 0 Å². The quantitative estimate of drug-likeness (QED) is 0.666. The molecule has 0 aromatic carbocycles. The van der Waals surface area contributed by atoms with Crippen LogP contribution in [0.1, 0.15) is 84.5 Å². The second-order valence-corrected chi connectivity index (χ2v) is 8.06. The van der Waals surface area contributed by atoms with Crippen LogP contribution in [0.3, 0.4) is 0 Å². The lowest BCUT2D eigenvalue weighted by atomic mass is 9.89. The number of unbranched alkanes of at least 4 members (excludes halogenated alkanes) is 1. The number of rotatable bonds is 8. The molecule has 0 aromatic heterocycles. The third-order valence-corrected chi connectivity index (χ3v) is 6.11. The Morgan fingerprint density at radius 3 is 2.54 bits per heavy atom. The molecule has 2 rings (SSSR count). The number of nitrogens with one attached hydrogen (secondary N) is 1. The van der Waals surface area contributed by atoms with Crippen LogP contribution < -0.4 is 5.32 Å². The van der Waals surface area contributed by atoms with E-state index in [4.69, 9.17) is 0 Å². The largest absolute Gasteiger partial charge is 0.391 e. The molecule has 0 bridgehead atoms. The van der Waals surface area contributed by atoms with E-state index < -0.39 is 0 Å². The van der Waals surface area contributed by atoms with Crippen LogP contribution in [0.4, 0.5) is 0 Å². The van der Waals surface area contributed by atoms with Gasteiger partial charge in [0.05, 0.1) is 6.10 Å². The number of carbonyl (C=O) groups excluding carboxylic acids is 1. The van der Waals surface area contributed by atoms with E-state index in [1.165, 1.54) is 32.1 Å². The highest BCUT2D eigenvalue weighted by molar-refractivity contribution is 5.76. The highest BCUT2D eigenvalue weighted by atomic mass is 16.3. The number of piperidine rings is 1. The summed E-state index contributed by atoms with van der Waals surface area (Å²) in [4.78, 5) is 14.6. The molecule has 2 fully saturated rings. The minimum atomic E-state index is -0.143. The van der Waals surface area contributed by atoms with Crippen molar-refractivity contribution in [2.75, 3.05) is 13.1 Å². The van der Waals surface area contributed by atoms with E-state index in [0.717, 1.165) is 51.1 Å². The lowest BCUT2D eigenvalue weighted by molar-refractivity contribution is -0.122. The predicted molar refractivity (Wildman–Crippen MR) is 98.9 cm³/mol. The van der Waals surface area contributed by atoms with E-state index in [1.54, 1.807) is 0 Å².